The zero-order valence-electron chi connectivity index (χ0n) is 14.4. The van der Waals surface area contributed by atoms with Gasteiger partial charge in [0.1, 0.15) is 5.75 Å². The molecule has 0 aliphatic carbocycles. The molecular formula is C22H22O3. The van der Waals surface area contributed by atoms with E-state index in [2.05, 4.69) is 30.3 Å². The van der Waals surface area contributed by atoms with Crippen LogP contribution in [0.2, 0.25) is 0 Å². The van der Waals surface area contributed by atoms with Gasteiger partial charge in [0.25, 0.3) is 0 Å². The molecule has 1 fully saturated rings. The van der Waals surface area contributed by atoms with Crippen LogP contribution in [0.5, 0.6) is 5.75 Å². The highest BCUT2D eigenvalue weighted by atomic mass is 16.7. The smallest absolute Gasteiger partial charge is 0.226 e. The van der Waals surface area contributed by atoms with Gasteiger partial charge in [0, 0.05) is 5.56 Å². The average molecular weight is 334 g/mol. The third-order valence-corrected chi connectivity index (χ3v) is 4.57. The lowest BCUT2D eigenvalue weighted by atomic mass is 9.90. The first kappa shape index (κ1) is 16.1. The fourth-order valence-corrected chi connectivity index (χ4v) is 3.51. The van der Waals surface area contributed by atoms with Crippen LogP contribution >= 0.6 is 0 Å². The minimum Gasteiger partial charge on any atom is -0.493 e. The minimum absolute atomic E-state index is 0.593. The highest BCUT2D eigenvalue weighted by Gasteiger charge is 2.42. The second kappa shape index (κ2) is 6.87. The number of benzene rings is 3. The summed E-state index contributed by atoms with van der Waals surface area (Å²) in [6.07, 6.45) is 0.892. The van der Waals surface area contributed by atoms with E-state index in [4.69, 9.17) is 14.2 Å². The van der Waals surface area contributed by atoms with Crippen LogP contribution in [0.25, 0.3) is 10.8 Å². The standard InChI is InChI=1S/C22H22O3/c1-2-23-20-14-13-17-9-6-7-12-19(17)21(20)22(24-15-8-16-25-22)18-10-4-3-5-11-18/h3-7,9-14H,2,8,15-16H2,1H3. The Morgan fingerprint density at radius 2 is 1.60 bits per heavy atom. The SMILES string of the molecule is CCOc1ccc2ccccc2c1C1(c2ccccc2)OCCCO1. The van der Waals surface area contributed by atoms with Crippen molar-refractivity contribution in [2.45, 2.75) is 19.1 Å². The molecule has 0 unspecified atom stereocenters. The van der Waals surface area contributed by atoms with Gasteiger partial charge >= 0.3 is 0 Å². The molecule has 0 atom stereocenters. The van der Waals surface area contributed by atoms with Crippen molar-refractivity contribution in [1.29, 1.82) is 0 Å². The van der Waals surface area contributed by atoms with Gasteiger partial charge in [0.15, 0.2) is 0 Å². The van der Waals surface area contributed by atoms with E-state index in [0.29, 0.717) is 19.8 Å². The second-order valence-electron chi connectivity index (χ2n) is 6.13. The van der Waals surface area contributed by atoms with Gasteiger partial charge in [-0.3, -0.25) is 0 Å². The Labute approximate surface area is 148 Å². The fourth-order valence-electron chi connectivity index (χ4n) is 3.51. The maximum absolute atomic E-state index is 6.33. The molecule has 1 aliphatic heterocycles. The summed E-state index contributed by atoms with van der Waals surface area (Å²) in [5.74, 6) is -0.128. The predicted molar refractivity (Wildman–Crippen MR) is 98.9 cm³/mol. The first-order chi connectivity index (χ1) is 12.3. The molecule has 0 saturated carbocycles. The summed E-state index contributed by atoms with van der Waals surface area (Å²) in [7, 11) is 0. The van der Waals surface area contributed by atoms with Crippen LogP contribution in [-0.2, 0) is 15.3 Å². The van der Waals surface area contributed by atoms with Crippen LogP contribution in [0, 0.1) is 0 Å². The Hall–Kier alpha value is -2.36. The maximum atomic E-state index is 6.33. The van der Waals surface area contributed by atoms with Crippen LogP contribution in [0.3, 0.4) is 0 Å². The molecule has 3 aromatic carbocycles. The number of hydrogen-bond acceptors (Lipinski definition) is 3. The average Bonchev–Trinajstić information content (AvgIpc) is 2.69. The van der Waals surface area contributed by atoms with Gasteiger partial charge in [0.2, 0.25) is 5.79 Å². The number of fused-ring (bicyclic) bond motifs is 1. The number of ether oxygens (including phenoxy) is 3. The van der Waals surface area contributed by atoms with E-state index in [1.54, 1.807) is 0 Å². The van der Waals surface area contributed by atoms with E-state index < -0.39 is 5.79 Å². The van der Waals surface area contributed by atoms with Crippen molar-refractivity contribution < 1.29 is 14.2 Å². The highest BCUT2D eigenvalue weighted by Crippen LogP contribution is 2.45. The third kappa shape index (κ3) is 2.80. The van der Waals surface area contributed by atoms with E-state index in [0.717, 1.165) is 34.1 Å². The first-order valence-corrected chi connectivity index (χ1v) is 8.83. The lowest BCUT2D eigenvalue weighted by Crippen LogP contribution is -2.39. The normalized spacial score (nSPS) is 16.7. The van der Waals surface area contributed by atoms with Crippen molar-refractivity contribution in [3.05, 3.63) is 77.9 Å². The van der Waals surface area contributed by atoms with Crippen LogP contribution < -0.4 is 4.74 Å². The summed E-state index contributed by atoms with van der Waals surface area (Å²) in [6.45, 7) is 3.90. The molecule has 25 heavy (non-hydrogen) atoms. The molecule has 1 saturated heterocycles. The van der Waals surface area contributed by atoms with Gasteiger partial charge in [0.05, 0.1) is 25.4 Å². The molecule has 4 rings (SSSR count). The van der Waals surface area contributed by atoms with Crippen LogP contribution in [0.4, 0.5) is 0 Å². The molecule has 3 nitrogen and oxygen atoms in total. The molecule has 0 amide bonds. The van der Waals surface area contributed by atoms with Crippen LogP contribution in [-0.4, -0.2) is 19.8 Å². The molecule has 3 heteroatoms. The van der Waals surface area contributed by atoms with Gasteiger partial charge in [-0.2, -0.15) is 0 Å². The molecule has 0 bridgehead atoms. The van der Waals surface area contributed by atoms with Crippen molar-refractivity contribution in [3.63, 3.8) is 0 Å². The Morgan fingerprint density at radius 3 is 2.36 bits per heavy atom. The maximum Gasteiger partial charge on any atom is 0.226 e. The summed E-state index contributed by atoms with van der Waals surface area (Å²) in [4.78, 5) is 0. The van der Waals surface area contributed by atoms with Crippen molar-refractivity contribution in [2.75, 3.05) is 19.8 Å². The zero-order valence-corrected chi connectivity index (χ0v) is 14.4. The van der Waals surface area contributed by atoms with Crippen molar-refractivity contribution in [1.82, 2.24) is 0 Å². The number of rotatable bonds is 4. The molecule has 0 aromatic heterocycles. The monoisotopic (exact) mass is 334 g/mol. The quantitative estimate of drug-likeness (QED) is 0.681. The summed E-state index contributed by atoms with van der Waals surface area (Å²) < 4.78 is 18.6. The molecule has 1 aliphatic rings. The topological polar surface area (TPSA) is 27.7 Å². The summed E-state index contributed by atoms with van der Waals surface area (Å²) in [6, 6.07) is 22.6. The van der Waals surface area contributed by atoms with Gasteiger partial charge in [-0.25, -0.2) is 0 Å². The summed E-state index contributed by atoms with van der Waals surface area (Å²) >= 11 is 0. The zero-order chi connectivity index (χ0) is 17.1. The van der Waals surface area contributed by atoms with Gasteiger partial charge in [-0.1, -0.05) is 60.7 Å². The van der Waals surface area contributed by atoms with E-state index >= 15 is 0 Å². The lowest BCUT2D eigenvalue weighted by molar-refractivity contribution is -0.249. The Kier molecular flexibility index (Phi) is 4.43. The Morgan fingerprint density at radius 1 is 0.880 bits per heavy atom. The third-order valence-electron chi connectivity index (χ3n) is 4.57. The van der Waals surface area contributed by atoms with Crippen LogP contribution in [0.15, 0.2) is 66.7 Å². The summed E-state index contributed by atoms with van der Waals surface area (Å²) in [5, 5.41) is 2.24. The second-order valence-corrected chi connectivity index (χ2v) is 6.13. The molecule has 128 valence electrons. The molecule has 0 N–H and O–H groups in total. The largest absolute Gasteiger partial charge is 0.493 e. The first-order valence-electron chi connectivity index (χ1n) is 8.83. The lowest BCUT2D eigenvalue weighted by Gasteiger charge is -2.39. The molecule has 3 aromatic rings. The van der Waals surface area contributed by atoms with Crippen LogP contribution in [0.1, 0.15) is 24.5 Å². The van der Waals surface area contributed by atoms with Crippen molar-refractivity contribution >= 4 is 10.8 Å². The fraction of sp³-hybridized carbons (Fsp3) is 0.273. The highest BCUT2D eigenvalue weighted by molar-refractivity contribution is 5.89. The van der Waals surface area contributed by atoms with Crippen molar-refractivity contribution in [2.24, 2.45) is 0 Å². The van der Waals surface area contributed by atoms with E-state index in [-0.39, 0.29) is 0 Å². The van der Waals surface area contributed by atoms with E-state index in [1.165, 1.54) is 0 Å². The summed E-state index contributed by atoms with van der Waals surface area (Å²) in [5.41, 5.74) is 1.95. The molecule has 0 radical (unpaired) electrons. The van der Waals surface area contributed by atoms with Gasteiger partial charge in [-0.15, -0.1) is 0 Å². The predicted octanol–water partition coefficient (Wildman–Crippen LogP) is 4.88. The van der Waals surface area contributed by atoms with Gasteiger partial charge in [-0.05, 0) is 30.2 Å². The van der Waals surface area contributed by atoms with E-state index in [9.17, 15) is 0 Å². The number of hydrogen-bond donors (Lipinski definition) is 0. The molecular weight excluding hydrogens is 312 g/mol. The minimum atomic E-state index is -0.940. The Balaban J connectivity index is 2.03. The molecule has 0 spiro atoms. The Bertz CT molecular complexity index is 852. The van der Waals surface area contributed by atoms with Crippen molar-refractivity contribution in [3.8, 4) is 5.75 Å². The molecule has 1 heterocycles. The van der Waals surface area contributed by atoms with E-state index in [1.807, 2.05) is 43.3 Å². The van der Waals surface area contributed by atoms with Gasteiger partial charge < -0.3 is 14.2 Å².